The van der Waals surface area contributed by atoms with Crippen LogP contribution in [0.5, 0.6) is 0 Å². The van der Waals surface area contributed by atoms with E-state index in [1.807, 2.05) is 0 Å². The number of rotatable bonds is 2. The van der Waals surface area contributed by atoms with Crippen LogP contribution in [-0.2, 0) is 10.0 Å². The van der Waals surface area contributed by atoms with Crippen LogP contribution in [0.4, 0.5) is 5.69 Å². The van der Waals surface area contributed by atoms with Gasteiger partial charge in [-0.3, -0.25) is 0 Å². The molecule has 0 radical (unpaired) electrons. The maximum Gasteiger partial charge on any atom is 0.243 e. The first-order valence-electron chi connectivity index (χ1n) is 6.06. The van der Waals surface area contributed by atoms with E-state index in [1.54, 1.807) is 13.0 Å². The summed E-state index contributed by atoms with van der Waals surface area (Å²) in [5.41, 5.74) is 6.47. The van der Waals surface area contributed by atoms with Gasteiger partial charge in [-0.25, -0.2) is 8.42 Å². The molecule has 7 heteroatoms. The van der Waals surface area contributed by atoms with Crippen molar-refractivity contribution < 1.29 is 13.5 Å². The van der Waals surface area contributed by atoms with Crippen molar-refractivity contribution in [2.45, 2.75) is 30.8 Å². The van der Waals surface area contributed by atoms with Crippen molar-refractivity contribution in [3.8, 4) is 0 Å². The number of anilines is 1. The number of hydrogen-bond donors (Lipinski definition) is 2. The SMILES string of the molecule is Cc1cc(Cl)c(N)cc1S(=O)(=O)N1CCC[C@H](O)C1. The molecule has 19 heavy (non-hydrogen) atoms. The second-order valence-electron chi connectivity index (χ2n) is 4.80. The molecule has 0 bridgehead atoms. The van der Waals surface area contributed by atoms with E-state index < -0.39 is 16.1 Å². The van der Waals surface area contributed by atoms with E-state index >= 15 is 0 Å². The smallest absolute Gasteiger partial charge is 0.243 e. The summed E-state index contributed by atoms with van der Waals surface area (Å²) in [4.78, 5) is 0.156. The lowest BCUT2D eigenvalue weighted by Crippen LogP contribution is -2.42. The van der Waals surface area contributed by atoms with Crippen LogP contribution in [0.25, 0.3) is 0 Å². The van der Waals surface area contributed by atoms with Crippen molar-refractivity contribution in [3.63, 3.8) is 0 Å². The van der Waals surface area contributed by atoms with E-state index in [9.17, 15) is 13.5 Å². The van der Waals surface area contributed by atoms with Gasteiger partial charge in [0.2, 0.25) is 10.0 Å². The van der Waals surface area contributed by atoms with Crippen LogP contribution in [0.3, 0.4) is 0 Å². The first-order chi connectivity index (χ1) is 8.82. The minimum absolute atomic E-state index is 0.129. The van der Waals surface area contributed by atoms with E-state index in [1.165, 1.54) is 10.4 Å². The van der Waals surface area contributed by atoms with Gasteiger partial charge in [0, 0.05) is 13.1 Å². The largest absolute Gasteiger partial charge is 0.397 e. The van der Waals surface area contributed by atoms with Gasteiger partial charge in [0.15, 0.2) is 0 Å². The molecule has 3 N–H and O–H groups in total. The number of nitrogen functional groups attached to an aromatic ring is 1. The average molecular weight is 305 g/mol. The van der Waals surface area contributed by atoms with Crippen LogP contribution in [0, 0.1) is 6.92 Å². The lowest BCUT2D eigenvalue weighted by molar-refractivity contribution is 0.108. The van der Waals surface area contributed by atoms with Crippen molar-refractivity contribution in [3.05, 3.63) is 22.7 Å². The first-order valence-corrected chi connectivity index (χ1v) is 7.88. The van der Waals surface area contributed by atoms with Gasteiger partial charge in [0.25, 0.3) is 0 Å². The molecule has 106 valence electrons. The summed E-state index contributed by atoms with van der Waals surface area (Å²) < 4.78 is 26.4. The third kappa shape index (κ3) is 2.86. The number of aryl methyl sites for hydroxylation is 1. The van der Waals surface area contributed by atoms with Crippen LogP contribution in [-0.4, -0.2) is 37.0 Å². The molecule has 1 saturated heterocycles. The molecule has 0 spiro atoms. The van der Waals surface area contributed by atoms with Crippen molar-refractivity contribution in [1.29, 1.82) is 0 Å². The number of nitrogens with zero attached hydrogens (tertiary/aromatic N) is 1. The topological polar surface area (TPSA) is 83.6 Å². The Morgan fingerprint density at radius 1 is 1.47 bits per heavy atom. The Balaban J connectivity index is 2.42. The highest BCUT2D eigenvalue weighted by Crippen LogP contribution is 2.29. The Morgan fingerprint density at radius 2 is 2.16 bits per heavy atom. The lowest BCUT2D eigenvalue weighted by atomic mass is 10.1. The maximum atomic E-state index is 12.5. The van der Waals surface area contributed by atoms with Gasteiger partial charge in [-0.2, -0.15) is 4.31 Å². The van der Waals surface area contributed by atoms with E-state index in [-0.39, 0.29) is 17.1 Å². The highest BCUT2D eigenvalue weighted by Gasteiger charge is 2.30. The molecule has 5 nitrogen and oxygen atoms in total. The number of sulfonamides is 1. The normalized spacial score (nSPS) is 21.5. The fraction of sp³-hybridized carbons (Fsp3) is 0.500. The number of β-amino-alcohol motifs (C(OH)–C–C–N with tert-alkyl or cyclic N) is 1. The summed E-state index contributed by atoms with van der Waals surface area (Å²) in [6, 6.07) is 2.93. The molecule has 1 aromatic rings. The molecular formula is C12H17ClN2O3S. The zero-order chi connectivity index (χ0) is 14.2. The molecular weight excluding hydrogens is 288 g/mol. The van der Waals surface area contributed by atoms with Crippen LogP contribution >= 0.6 is 11.6 Å². The molecule has 2 rings (SSSR count). The molecule has 1 aliphatic rings. The predicted octanol–water partition coefficient (Wildman–Crippen LogP) is 1.38. The number of piperidine rings is 1. The summed E-state index contributed by atoms with van der Waals surface area (Å²) in [6.45, 7) is 2.23. The van der Waals surface area contributed by atoms with E-state index in [0.717, 1.165) is 0 Å². The number of hydrogen-bond acceptors (Lipinski definition) is 4. The van der Waals surface area contributed by atoms with Gasteiger partial charge in [0.05, 0.1) is 21.7 Å². The van der Waals surface area contributed by atoms with Crippen molar-refractivity contribution in [2.24, 2.45) is 0 Å². The predicted molar refractivity (Wildman–Crippen MR) is 74.6 cm³/mol. The lowest BCUT2D eigenvalue weighted by Gasteiger charge is -2.29. The molecule has 0 amide bonds. The monoisotopic (exact) mass is 304 g/mol. The third-order valence-corrected chi connectivity index (χ3v) is 5.61. The summed E-state index contributed by atoms with van der Waals surface area (Å²) in [6.07, 6.45) is 0.685. The Labute approximate surface area is 118 Å². The van der Waals surface area contributed by atoms with Gasteiger partial charge in [-0.1, -0.05) is 11.6 Å². The number of benzene rings is 1. The van der Waals surface area contributed by atoms with Crippen molar-refractivity contribution >= 4 is 27.3 Å². The number of nitrogens with two attached hydrogens (primary N) is 1. The van der Waals surface area contributed by atoms with Crippen LogP contribution in [0.1, 0.15) is 18.4 Å². The Hall–Kier alpha value is -0.820. The maximum absolute atomic E-state index is 12.5. The van der Waals surface area contributed by atoms with E-state index in [4.69, 9.17) is 17.3 Å². The first kappa shape index (κ1) is 14.6. The van der Waals surface area contributed by atoms with Gasteiger partial charge < -0.3 is 10.8 Å². The molecule has 0 aliphatic carbocycles. The molecule has 1 heterocycles. The zero-order valence-corrected chi connectivity index (χ0v) is 12.2. The van der Waals surface area contributed by atoms with E-state index in [2.05, 4.69) is 0 Å². The molecule has 1 aromatic carbocycles. The number of halogens is 1. The quantitative estimate of drug-likeness (QED) is 0.809. The molecule has 1 atom stereocenters. The third-order valence-electron chi connectivity index (χ3n) is 3.27. The summed E-state index contributed by atoms with van der Waals surface area (Å²) in [5, 5.41) is 9.95. The summed E-state index contributed by atoms with van der Waals surface area (Å²) in [5.74, 6) is 0. The standard InChI is InChI=1S/C12H17ClN2O3S/c1-8-5-10(13)11(14)6-12(8)19(17,18)15-4-2-3-9(16)7-15/h5-6,9,16H,2-4,7,14H2,1H3/t9-/m0/s1. The Morgan fingerprint density at radius 3 is 2.79 bits per heavy atom. The minimum Gasteiger partial charge on any atom is -0.397 e. The van der Waals surface area contributed by atoms with Gasteiger partial charge in [-0.15, -0.1) is 0 Å². The van der Waals surface area contributed by atoms with Crippen LogP contribution in [0.2, 0.25) is 5.02 Å². The number of aliphatic hydroxyl groups is 1. The summed E-state index contributed by atoms with van der Waals surface area (Å²) in [7, 11) is -3.63. The molecule has 0 unspecified atom stereocenters. The minimum atomic E-state index is -3.63. The fourth-order valence-electron chi connectivity index (χ4n) is 2.22. The van der Waals surface area contributed by atoms with Gasteiger partial charge >= 0.3 is 0 Å². The molecule has 0 aromatic heterocycles. The number of aliphatic hydroxyl groups excluding tert-OH is 1. The van der Waals surface area contributed by atoms with Gasteiger partial charge in [0.1, 0.15) is 0 Å². The van der Waals surface area contributed by atoms with Gasteiger partial charge in [-0.05, 0) is 37.5 Å². The molecule has 1 aliphatic heterocycles. The van der Waals surface area contributed by atoms with Crippen molar-refractivity contribution in [2.75, 3.05) is 18.8 Å². The highest BCUT2D eigenvalue weighted by molar-refractivity contribution is 7.89. The average Bonchev–Trinajstić information content (AvgIpc) is 2.33. The highest BCUT2D eigenvalue weighted by atomic mass is 35.5. The second kappa shape index (κ2) is 5.28. The molecule has 0 saturated carbocycles. The Bertz CT molecular complexity index is 589. The van der Waals surface area contributed by atoms with Crippen LogP contribution < -0.4 is 5.73 Å². The second-order valence-corrected chi connectivity index (χ2v) is 7.11. The Kier molecular flexibility index (Phi) is 4.06. The zero-order valence-electron chi connectivity index (χ0n) is 10.6. The summed E-state index contributed by atoms with van der Waals surface area (Å²) >= 11 is 5.87. The van der Waals surface area contributed by atoms with E-state index in [0.29, 0.717) is 30.0 Å². The van der Waals surface area contributed by atoms with Crippen molar-refractivity contribution in [1.82, 2.24) is 4.31 Å². The fourth-order valence-corrected chi connectivity index (χ4v) is 4.20. The molecule has 1 fully saturated rings. The van der Waals surface area contributed by atoms with Crippen LogP contribution in [0.15, 0.2) is 17.0 Å².